The van der Waals surface area contributed by atoms with Crippen molar-refractivity contribution in [3.05, 3.63) is 28.8 Å². The van der Waals surface area contributed by atoms with Crippen LogP contribution in [0.4, 0.5) is 5.69 Å². The molecule has 1 aromatic rings. The third-order valence-electron chi connectivity index (χ3n) is 3.78. The van der Waals surface area contributed by atoms with E-state index < -0.39 is 6.04 Å². The Morgan fingerprint density at radius 2 is 2.00 bits per heavy atom. The van der Waals surface area contributed by atoms with E-state index in [2.05, 4.69) is 10.6 Å². The molecule has 6 nitrogen and oxygen atoms in total. The number of benzene rings is 1. The smallest absolute Gasteiger partial charge is 0.252 e. The van der Waals surface area contributed by atoms with E-state index in [4.69, 9.17) is 22.1 Å². The first-order valence-corrected chi connectivity index (χ1v) is 7.56. The number of ether oxygens (including phenoxy) is 1. The first-order chi connectivity index (χ1) is 10.5. The molecule has 0 radical (unpaired) electrons. The number of carbonyl (C=O) groups excluding carboxylic acids is 2. The van der Waals surface area contributed by atoms with Gasteiger partial charge >= 0.3 is 0 Å². The summed E-state index contributed by atoms with van der Waals surface area (Å²) in [6, 6.07) is 4.16. The highest BCUT2D eigenvalue weighted by Crippen LogP contribution is 2.22. The lowest BCUT2D eigenvalue weighted by Crippen LogP contribution is -2.44. The number of amides is 2. The molecule has 1 aliphatic heterocycles. The molecule has 1 heterocycles. The van der Waals surface area contributed by atoms with E-state index >= 15 is 0 Å². The summed E-state index contributed by atoms with van der Waals surface area (Å²) >= 11 is 5.98. The molecular formula is C15H21Cl2N3O3. The van der Waals surface area contributed by atoms with Crippen LogP contribution in [0.5, 0.6) is 0 Å². The van der Waals surface area contributed by atoms with Crippen LogP contribution in [-0.2, 0) is 9.53 Å². The minimum atomic E-state index is -0.594. The van der Waals surface area contributed by atoms with Crippen molar-refractivity contribution in [1.82, 2.24) is 5.32 Å². The molecule has 128 valence electrons. The zero-order chi connectivity index (χ0) is 16.1. The van der Waals surface area contributed by atoms with Gasteiger partial charge in [0.05, 0.1) is 16.6 Å². The number of halogens is 2. The third-order valence-corrected chi connectivity index (χ3v) is 4.11. The number of hydrogen-bond acceptors (Lipinski definition) is 4. The fourth-order valence-corrected chi connectivity index (χ4v) is 2.63. The first-order valence-electron chi connectivity index (χ1n) is 7.18. The summed E-state index contributed by atoms with van der Waals surface area (Å²) in [6.45, 7) is 1.26. The van der Waals surface area contributed by atoms with Gasteiger partial charge in [-0.1, -0.05) is 11.6 Å². The number of rotatable bonds is 4. The van der Waals surface area contributed by atoms with Crippen LogP contribution in [-0.4, -0.2) is 38.1 Å². The number of nitrogens with two attached hydrogens (primary N) is 1. The molecule has 2 rings (SSSR count). The lowest BCUT2D eigenvalue weighted by Gasteiger charge is -2.26. The number of anilines is 1. The van der Waals surface area contributed by atoms with Gasteiger partial charge in [0.1, 0.15) is 0 Å². The largest absolute Gasteiger partial charge is 0.381 e. The predicted molar refractivity (Wildman–Crippen MR) is 92.2 cm³/mol. The Morgan fingerprint density at radius 1 is 1.35 bits per heavy atom. The van der Waals surface area contributed by atoms with Crippen molar-refractivity contribution in [1.29, 1.82) is 0 Å². The molecule has 8 heteroatoms. The Balaban J connectivity index is 0.00000264. The molecule has 0 saturated carbocycles. The van der Waals surface area contributed by atoms with Crippen molar-refractivity contribution in [2.24, 2.45) is 11.7 Å². The third kappa shape index (κ3) is 5.07. The lowest BCUT2D eigenvalue weighted by molar-refractivity contribution is -0.119. The van der Waals surface area contributed by atoms with Crippen LogP contribution in [0, 0.1) is 5.92 Å². The van der Waals surface area contributed by atoms with Crippen LogP contribution < -0.4 is 16.4 Å². The Hall–Kier alpha value is -1.34. The molecule has 0 spiro atoms. The number of nitrogens with one attached hydrogen (secondary N) is 2. The zero-order valence-electron chi connectivity index (χ0n) is 12.8. The Bertz CT molecular complexity index is 563. The lowest BCUT2D eigenvalue weighted by atomic mass is 9.92. The maximum Gasteiger partial charge on any atom is 0.252 e. The number of carbonyl (C=O) groups is 2. The van der Waals surface area contributed by atoms with Gasteiger partial charge in [0, 0.05) is 25.9 Å². The second-order valence-electron chi connectivity index (χ2n) is 5.24. The van der Waals surface area contributed by atoms with Crippen LogP contribution >= 0.6 is 24.0 Å². The molecule has 1 unspecified atom stereocenters. The van der Waals surface area contributed by atoms with Gasteiger partial charge < -0.3 is 21.1 Å². The average molecular weight is 362 g/mol. The van der Waals surface area contributed by atoms with E-state index in [1.54, 1.807) is 12.1 Å². The van der Waals surface area contributed by atoms with Crippen LogP contribution in [0.25, 0.3) is 0 Å². The highest BCUT2D eigenvalue weighted by molar-refractivity contribution is 6.34. The summed E-state index contributed by atoms with van der Waals surface area (Å²) in [5.41, 5.74) is 6.82. The normalized spacial score (nSPS) is 16.1. The van der Waals surface area contributed by atoms with Crippen molar-refractivity contribution in [2.75, 3.05) is 25.6 Å². The van der Waals surface area contributed by atoms with Gasteiger partial charge in [-0.15, -0.1) is 12.4 Å². The fourth-order valence-electron chi connectivity index (χ4n) is 2.43. The molecule has 1 saturated heterocycles. The molecule has 1 aliphatic rings. The van der Waals surface area contributed by atoms with Crippen LogP contribution in [0.15, 0.2) is 18.2 Å². The SMILES string of the molecule is CNC(=O)c1cc(NC(=O)C(N)C2CCOCC2)ccc1Cl.Cl. The summed E-state index contributed by atoms with van der Waals surface area (Å²) < 4.78 is 5.27. The van der Waals surface area contributed by atoms with Crippen LogP contribution in [0.3, 0.4) is 0 Å². The molecule has 0 bridgehead atoms. The Kier molecular flexibility index (Phi) is 7.78. The van der Waals surface area contributed by atoms with Crippen LogP contribution in [0.1, 0.15) is 23.2 Å². The van der Waals surface area contributed by atoms with E-state index in [0.29, 0.717) is 29.5 Å². The Labute approximate surface area is 146 Å². The van der Waals surface area contributed by atoms with Gasteiger partial charge in [-0.2, -0.15) is 0 Å². The predicted octanol–water partition coefficient (Wildman–Crippen LogP) is 1.81. The molecule has 1 fully saturated rings. The maximum atomic E-state index is 12.2. The Morgan fingerprint density at radius 3 is 2.61 bits per heavy atom. The molecule has 0 aromatic heterocycles. The van der Waals surface area contributed by atoms with E-state index in [1.165, 1.54) is 13.1 Å². The molecule has 23 heavy (non-hydrogen) atoms. The van der Waals surface area contributed by atoms with E-state index in [1.807, 2.05) is 0 Å². The second-order valence-corrected chi connectivity index (χ2v) is 5.65. The fraction of sp³-hybridized carbons (Fsp3) is 0.467. The molecule has 4 N–H and O–H groups in total. The quantitative estimate of drug-likeness (QED) is 0.762. The minimum absolute atomic E-state index is 0. The monoisotopic (exact) mass is 361 g/mol. The minimum Gasteiger partial charge on any atom is -0.381 e. The maximum absolute atomic E-state index is 12.2. The van der Waals surface area contributed by atoms with Crippen molar-refractivity contribution in [3.63, 3.8) is 0 Å². The highest BCUT2D eigenvalue weighted by Gasteiger charge is 2.26. The van der Waals surface area contributed by atoms with Gasteiger partial charge in [0.2, 0.25) is 5.91 Å². The topological polar surface area (TPSA) is 93.5 Å². The summed E-state index contributed by atoms with van der Waals surface area (Å²) in [7, 11) is 1.52. The van der Waals surface area contributed by atoms with E-state index in [-0.39, 0.29) is 30.1 Å². The van der Waals surface area contributed by atoms with Crippen molar-refractivity contribution in [3.8, 4) is 0 Å². The molecular weight excluding hydrogens is 341 g/mol. The standard InChI is InChI=1S/C15H20ClN3O3.ClH/c1-18-14(20)11-8-10(2-3-12(11)16)19-15(21)13(17)9-4-6-22-7-5-9;/h2-3,8-9,13H,4-7,17H2,1H3,(H,18,20)(H,19,21);1H. The van der Waals surface area contributed by atoms with Gasteiger partial charge in [0.25, 0.3) is 5.91 Å². The van der Waals surface area contributed by atoms with E-state index in [9.17, 15) is 9.59 Å². The molecule has 1 atom stereocenters. The van der Waals surface area contributed by atoms with Crippen LogP contribution in [0.2, 0.25) is 5.02 Å². The van der Waals surface area contributed by atoms with Crippen molar-refractivity contribution >= 4 is 41.5 Å². The van der Waals surface area contributed by atoms with Gasteiger partial charge in [0.15, 0.2) is 0 Å². The van der Waals surface area contributed by atoms with Crippen molar-refractivity contribution < 1.29 is 14.3 Å². The summed E-state index contributed by atoms with van der Waals surface area (Å²) in [5, 5.41) is 5.57. The van der Waals surface area contributed by atoms with Crippen molar-refractivity contribution in [2.45, 2.75) is 18.9 Å². The molecule has 1 aromatic carbocycles. The number of hydrogen-bond donors (Lipinski definition) is 3. The molecule has 0 aliphatic carbocycles. The summed E-state index contributed by atoms with van der Waals surface area (Å²) in [6.07, 6.45) is 1.55. The van der Waals surface area contributed by atoms with E-state index in [0.717, 1.165) is 12.8 Å². The highest BCUT2D eigenvalue weighted by atomic mass is 35.5. The summed E-state index contributed by atoms with van der Waals surface area (Å²) in [5.74, 6) is -0.466. The zero-order valence-corrected chi connectivity index (χ0v) is 14.4. The van der Waals surface area contributed by atoms with Gasteiger partial charge in [-0.3, -0.25) is 9.59 Å². The molecule has 2 amide bonds. The van der Waals surface area contributed by atoms with Gasteiger partial charge in [-0.25, -0.2) is 0 Å². The first kappa shape index (κ1) is 19.7. The van der Waals surface area contributed by atoms with Gasteiger partial charge in [-0.05, 0) is 37.0 Å². The second kappa shape index (κ2) is 9.08. The average Bonchev–Trinajstić information content (AvgIpc) is 2.55. The summed E-state index contributed by atoms with van der Waals surface area (Å²) in [4.78, 5) is 23.9.